The zero-order chi connectivity index (χ0) is 12.1. The Morgan fingerprint density at radius 3 is 2.69 bits per heavy atom. The lowest BCUT2D eigenvalue weighted by atomic mass is 10.0. The number of aromatic nitrogens is 2. The molecule has 0 aliphatic rings. The molecule has 2 N–H and O–H groups in total. The van der Waals surface area contributed by atoms with Crippen LogP contribution in [0.1, 0.15) is 27.2 Å². The highest BCUT2D eigenvalue weighted by Gasteiger charge is 2.12. The monoisotopic (exact) mass is 286 g/mol. The number of hydrogen-bond donors (Lipinski definition) is 2. The number of hydrogen-bond acceptors (Lipinski definition) is 4. The summed E-state index contributed by atoms with van der Waals surface area (Å²) in [5, 5.41) is 6.33. The van der Waals surface area contributed by atoms with Crippen molar-refractivity contribution in [3.63, 3.8) is 0 Å². The van der Waals surface area contributed by atoms with Gasteiger partial charge in [0, 0.05) is 19.3 Å². The molecule has 2 atom stereocenters. The second kappa shape index (κ2) is 6.03. The van der Waals surface area contributed by atoms with Crippen LogP contribution in [0.4, 0.5) is 11.8 Å². The molecule has 90 valence electrons. The minimum atomic E-state index is 0.390. The average molecular weight is 287 g/mol. The van der Waals surface area contributed by atoms with Crippen LogP contribution in [0, 0.1) is 5.92 Å². The number of halogens is 1. The Balaban J connectivity index is 2.79. The maximum absolute atomic E-state index is 4.37. The van der Waals surface area contributed by atoms with Gasteiger partial charge in [-0.2, -0.15) is 4.98 Å². The van der Waals surface area contributed by atoms with Gasteiger partial charge in [-0.15, -0.1) is 0 Å². The minimum absolute atomic E-state index is 0.390. The second-order valence-corrected chi connectivity index (χ2v) is 4.81. The van der Waals surface area contributed by atoms with Crippen LogP contribution >= 0.6 is 15.9 Å². The Bertz CT molecular complexity index is 343. The van der Waals surface area contributed by atoms with E-state index in [1.807, 2.05) is 7.05 Å². The van der Waals surface area contributed by atoms with Gasteiger partial charge in [0.25, 0.3) is 0 Å². The van der Waals surface area contributed by atoms with Gasteiger partial charge in [0.15, 0.2) is 0 Å². The molecule has 1 aromatic heterocycles. The fourth-order valence-electron chi connectivity index (χ4n) is 1.30. The Kier molecular flexibility index (Phi) is 4.99. The molecular weight excluding hydrogens is 268 g/mol. The standard InChI is InChI=1S/C11H19BrN4/c1-5-7(2)8(3)15-10-9(12)6-14-11(13-4)16-10/h6-8H,5H2,1-4H3,(H2,13,14,15,16). The fourth-order valence-corrected chi connectivity index (χ4v) is 1.61. The van der Waals surface area contributed by atoms with E-state index in [2.05, 4.69) is 57.3 Å². The summed E-state index contributed by atoms with van der Waals surface area (Å²) >= 11 is 3.44. The Morgan fingerprint density at radius 2 is 2.12 bits per heavy atom. The molecule has 0 aromatic carbocycles. The van der Waals surface area contributed by atoms with Crippen LogP contribution in [0.15, 0.2) is 10.7 Å². The first-order valence-electron chi connectivity index (χ1n) is 5.55. The van der Waals surface area contributed by atoms with E-state index < -0.39 is 0 Å². The Hall–Kier alpha value is -0.840. The summed E-state index contributed by atoms with van der Waals surface area (Å²) in [7, 11) is 1.81. The van der Waals surface area contributed by atoms with Crippen molar-refractivity contribution in [1.29, 1.82) is 0 Å². The van der Waals surface area contributed by atoms with E-state index in [-0.39, 0.29) is 0 Å². The number of nitrogens with zero attached hydrogens (tertiary/aromatic N) is 2. The second-order valence-electron chi connectivity index (χ2n) is 3.96. The fraction of sp³-hybridized carbons (Fsp3) is 0.636. The summed E-state index contributed by atoms with van der Waals surface area (Å²) in [6.07, 6.45) is 2.90. The van der Waals surface area contributed by atoms with Gasteiger partial charge in [-0.05, 0) is 28.8 Å². The predicted octanol–water partition coefficient (Wildman–Crippen LogP) is 3.13. The number of anilines is 2. The Labute approximate surface area is 105 Å². The topological polar surface area (TPSA) is 49.8 Å². The van der Waals surface area contributed by atoms with Crippen molar-refractivity contribution in [3.8, 4) is 0 Å². The maximum Gasteiger partial charge on any atom is 0.224 e. The van der Waals surface area contributed by atoms with E-state index >= 15 is 0 Å². The summed E-state index contributed by atoms with van der Waals surface area (Å²) in [6, 6.07) is 0.390. The van der Waals surface area contributed by atoms with E-state index in [0.29, 0.717) is 17.9 Å². The quantitative estimate of drug-likeness (QED) is 0.873. The third-order valence-corrected chi connectivity index (χ3v) is 3.41. The molecule has 0 saturated heterocycles. The normalized spacial score (nSPS) is 14.3. The Morgan fingerprint density at radius 1 is 1.44 bits per heavy atom. The van der Waals surface area contributed by atoms with E-state index in [1.54, 1.807) is 6.20 Å². The molecule has 0 fully saturated rings. The van der Waals surface area contributed by atoms with Crippen molar-refractivity contribution in [3.05, 3.63) is 10.7 Å². The van der Waals surface area contributed by atoms with Gasteiger partial charge >= 0.3 is 0 Å². The molecule has 1 heterocycles. The van der Waals surface area contributed by atoms with Crippen LogP contribution in [-0.4, -0.2) is 23.1 Å². The molecule has 0 spiro atoms. The van der Waals surface area contributed by atoms with Gasteiger partial charge < -0.3 is 10.6 Å². The SMILES string of the molecule is CCC(C)C(C)Nc1nc(NC)ncc1Br. The number of nitrogens with one attached hydrogen (secondary N) is 2. The van der Waals surface area contributed by atoms with Crippen molar-refractivity contribution < 1.29 is 0 Å². The number of rotatable bonds is 5. The van der Waals surface area contributed by atoms with E-state index in [1.165, 1.54) is 0 Å². The molecule has 16 heavy (non-hydrogen) atoms. The van der Waals surface area contributed by atoms with Crippen LogP contribution in [-0.2, 0) is 0 Å². The summed E-state index contributed by atoms with van der Waals surface area (Å²) in [4.78, 5) is 8.49. The highest BCUT2D eigenvalue weighted by atomic mass is 79.9. The van der Waals surface area contributed by atoms with Crippen molar-refractivity contribution in [1.82, 2.24) is 9.97 Å². The van der Waals surface area contributed by atoms with Crippen LogP contribution in [0.2, 0.25) is 0 Å². The van der Waals surface area contributed by atoms with Crippen molar-refractivity contribution >= 4 is 27.7 Å². The van der Waals surface area contributed by atoms with Gasteiger partial charge in [-0.1, -0.05) is 20.3 Å². The summed E-state index contributed by atoms with van der Waals surface area (Å²) in [5.41, 5.74) is 0. The third kappa shape index (κ3) is 3.33. The summed E-state index contributed by atoms with van der Waals surface area (Å²) in [5.74, 6) is 2.08. The van der Waals surface area contributed by atoms with Crippen LogP contribution < -0.4 is 10.6 Å². The van der Waals surface area contributed by atoms with Crippen molar-refractivity contribution in [2.24, 2.45) is 5.92 Å². The van der Waals surface area contributed by atoms with Crippen molar-refractivity contribution in [2.75, 3.05) is 17.7 Å². The summed E-state index contributed by atoms with van der Waals surface area (Å²) in [6.45, 7) is 6.59. The lowest BCUT2D eigenvalue weighted by Gasteiger charge is -2.21. The lowest BCUT2D eigenvalue weighted by Crippen LogP contribution is -2.24. The first-order chi connectivity index (χ1) is 7.58. The maximum atomic E-state index is 4.37. The molecule has 0 radical (unpaired) electrons. The molecular formula is C11H19BrN4. The van der Waals surface area contributed by atoms with E-state index in [4.69, 9.17) is 0 Å². The summed E-state index contributed by atoms with van der Waals surface area (Å²) < 4.78 is 0.890. The molecule has 0 bridgehead atoms. The molecule has 2 unspecified atom stereocenters. The molecule has 1 rings (SSSR count). The third-order valence-electron chi connectivity index (χ3n) is 2.83. The van der Waals surface area contributed by atoms with Gasteiger partial charge in [0.05, 0.1) is 4.47 Å². The van der Waals surface area contributed by atoms with Crippen molar-refractivity contribution in [2.45, 2.75) is 33.2 Å². The van der Waals surface area contributed by atoms with Gasteiger partial charge in [-0.3, -0.25) is 0 Å². The first kappa shape index (κ1) is 13.2. The largest absolute Gasteiger partial charge is 0.366 e. The lowest BCUT2D eigenvalue weighted by molar-refractivity contribution is 0.493. The van der Waals surface area contributed by atoms with Gasteiger partial charge in [-0.25, -0.2) is 4.98 Å². The van der Waals surface area contributed by atoms with Crippen LogP contribution in [0.5, 0.6) is 0 Å². The van der Waals surface area contributed by atoms with Gasteiger partial charge in [0.1, 0.15) is 5.82 Å². The molecule has 0 aliphatic heterocycles. The molecule has 4 nitrogen and oxygen atoms in total. The molecule has 0 amide bonds. The first-order valence-corrected chi connectivity index (χ1v) is 6.34. The average Bonchev–Trinajstić information content (AvgIpc) is 2.30. The molecule has 0 saturated carbocycles. The van der Waals surface area contributed by atoms with E-state index in [9.17, 15) is 0 Å². The van der Waals surface area contributed by atoms with Gasteiger partial charge in [0.2, 0.25) is 5.95 Å². The predicted molar refractivity (Wildman–Crippen MR) is 71.8 cm³/mol. The zero-order valence-electron chi connectivity index (χ0n) is 10.2. The van der Waals surface area contributed by atoms with Crippen LogP contribution in [0.25, 0.3) is 0 Å². The zero-order valence-corrected chi connectivity index (χ0v) is 11.8. The minimum Gasteiger partial charge on any atom is -0.366 e. The highest BCUT2D eigenvalue weighted by Crippen LogP contribution is 2.22. The molecule has 0 aliphatic carbocycles. The highest BCUT2D eigenvalue weighted by molar-refractivity contribution is 9.10. The molecule has 1 aromatic rings. The smallest absolute Gasteiger partial charge is 0.224 e. The van der Waals surface area contributed by atoms with Crippen LogP contribution in [0.3, 0.4) is 0 Å². The molecule has 5 heteroatoms. The van der Waals surface area contributed by atoms with E-state index in [0.717, 1.165) is 16.7 Å².